The van der Waals surface area contributed by atoms with Gasteiger partial charge in [0.15, 0.2) is 12.6 Å². The Labute approximate surface area is 167 Å². The second-order valence-corrected chi connectivity index (χ2v) is 13.9. The Morgan fingerprint density at radius 3 is 2.82 bits per heavy atom. The van der Waals surface area contributed by atoms with Gasteiger partial charge in [0.05, 0.1) is 19.3 Å². The van der Waals surface area contributed by atoms with E-state index < -0.39 is 8.07 Å². The molecule has 3 rings (SSSR count). The molecule has 0 bridgehead atoms. The summed E-state index contributed by atoms with van der Waals surface area (Å²) in [7, 11) is -1.08. The maximum absolute atomic E-state index is 5.91. The van der Waals surface area contributed by atoms with Gasteiger partial charge in [0.2, 0.25) is 0 Å². The van der Waals surface area contributed by atoms with Crippen molar-refractivity contribution in [3.05, 3.63) is 41.2 Å². The molecule has 1 aromatic heterocycles. The van der Waals surface area contributed by atoms with Crippen LogP contribution < -0.4 is 0 Å². The number of ether oxygens (including phenoxy) is 3. The lowest BCUT2D eigenvalue weighted by Crippen LogP contribution is -2.22. The molecule has 1 aliphatic rings. The predicted octanol–water partition coefficient (Wildman–Crippen LogP) is 3.63. The summed E-state index contributed by atoms with van der Waals surface area (Å²) in [5.41, 5.74) is 2.20. The highest BCUT2D eigenvalue weighted by molar-refractivity contribution is 6.76. The molecular weight excluding hydrogens is 372 g/mol. The van der Waals surface area contributed by atoms with Crippen molar-refractivity contribution in [2.24, 2.45) is 0 Å². The summed E-state index contributed by atoms with van der Waals surface area (Å²) in [4.78, 5) is 1.48. The van der Waals surface area contributed by atoms with Gasteiger partial charge in [-0.25, -0.2) is 0 Å². The molecule has 0 spiro atoms. The van der Waals surface area contributed by atoms with Crippen LogP contribution in [-0.2, 0) is 20.9 Å². The van der Waals surface area contributed by atoms with Gasteiger partial charge in [-0.2, -0.15) is 0 Å². The maximum Gasteiger partial charge on any atom is 0.197 e. The van der Waals surface area contributed by atoms with Gasteiger partial charge in [0, 0.05) is 14.7 Å². The summed E-state index contributed by atoms with van der Waals surface area (Å²) in [6.07, 6.45) is 4.11. The average molecular weight is 403 g/mol. The quantitative estimate of drug-likeness (QED) is 0.325. The van der Waals surface area contributed by atoms with Crippen LogP contribution in [0.2, 0.25) is 25.7 Å². The van der Waals surface area contributed by atoms with E-state index in [1.165, 1.54) is 4.80 Å². The number of aromatic nitrogens is 4. The van der Waals surface area contributed by atoms with E-state index in [4.69, 9.17) is 14.2 Å². The van der Waals surface area contributed by atoms with Gasteiger partial charge in [0.25, 0.3) is 0 Å². The standard InChI is InChI=1S/C20H30N4O3Si/c1-16(26-13-18-14-27-18)19-8-6-5-7-17(19)9-10-20-21-23-24(22-20)15-25-11-12-28(2,3)4/h5-10,16,18H,11-15H2,1-4H3/b10-9+/t16-,18+/m1/s1. The lowest BCUT2D eigenvalue weighted by atomic mass is 10.0. The van der Waals surface area contributed by atoms with Crippen LogP contribution >= 0.6 is 0 Å². The first-order chi connectivity index (χ1) is 13.4. The van der Waals surface area contributed by atoms with E-state index >= 15 is 0 Å². The predicted molar refractivity (Wildman–Crippen MR) is 111 cm³/mol. The molecule has 1 aliphatic heterocycles. The van der Waals surface area contributed by atoms with Crippen LogP contribution in [0, 0.1) is 0 Å². The molecule has 1 aromatic carbocycles. The van der Waals surface area contributed by atoms with Crippen LogP contribution in [0.25, 0.3) is 12.2 Å². The molecule has 7 nitrogen and oxygen atoms in total. The normalized spacial score (nSPS) is 17.9. The molecule has 0 amide bonds. The number of rotatable bonds is 11. The number of benzene rings is 1. The van der Waals surface area contributed by atoms with Crippen LogP contribution in [0.1, 0.15) is 30.0 Å². The summed E-state index contributed by atoms with van der Waals surface area (Å²) in [5, 5.41) is 12.5. The van der Waals surface area contributed by atoms with E-state index in [2.05, 4.69) is 54.1 Å². The van der Waals surface area contributed by atoms with Gasteiger partial charge in [-0.05, 0) is 35.4 Å². The van der Waals surface area contributed by atoms with E-state index in [-0.39, 0.29) is 12.2 Å². The van der Waals surface area contributed by atoms with Crippen molar-refractivity contribution in [1.82, 2.24) is 20.2 Å². The third-order valence-electron chi connectivity index (χ3n) is 4.45. The van der Waals surface area contributed by atoms with E-state index in [9.17, 15) is 0 Å². The number of hydrogen-bond donors (Lipinski definition) is 0. The second-order valence-electron chi connectivity index (χ2n) is 8.26. The number of epoxide rings is 1. The van der Waals surface area contributed by atoms with Gasteiger partial charge < -0.3 is 14.2 Å². The Morgan fingerprint density at radius 2 is 2.07 bits per heavy atom. The molecule has 2 atom stereocenters. The fourth-order valence-electron chi connectivity index (χ4n) is 2.60. The third-order valence-corrected chi connectivity index (χ3v) is 6.16. The Morgan fingerprint density at radius 1 is 1.29 bits per heavy atom. The van der Waals surface area contributed by atoms with Gasteiger partial charge in [-0.1, -0.05) is 50.0 Å². The van der Waals surface area contributed by atoms with Crippen molar-refractivity contribution in [1.29, 1.82) is 0 Å². The van der Waals surface area contributed by atoms with Crippen LogP contribution in [-0.4, -0.2) is 54.2 Å². The van der Waals surface area contributed by atoms with Crippen LogP contribution in [0.5, 0.6) is 0 Å². The molecule has 0 saturated carbocycles. The van der Waals surface area contributed by atoms with E-state index in [1.54, 1.807) is 0 Å². The summed E-state index contributed by atoms with van der Waals surface area (Å²) in [6.45, 7) is 11.5. The highest BCUT2D eigenvalue weighted by Gasteiger charge is 2.24. The van der Waals surface area contributed by atoms with Gasteiger partial charge in [-0.15, -0.1) is 15.0 Å². The molecule has 0 N–H and O–H groups in total. The maximum atomic E-state index is 5.91. The smallest absolute Gasteiger partial charge is 0.197 e. The molecule has 1 saturated heterocycles. The van der Waals surface area contributed by atoms with Crippen molar-refractivity contribution in [3.8, 4) is 0 Å². The highest BCUT2D eigenvalue weighted by atomic mass is 28.3. The zero-order valence-corrected chi connectivity index (χ0v) is 18.2. The summed E-state index contributed by atoms with van der Waals surface area (Å²) in [6, 6.07) is 9.29. The minimum atomic E-state index is -1.08. The van der Waals surface area contributed by atoms with Crippen molar-refractivity contribution < 1.29 is 14.2 Å². The zero-order chi connectivity index (χ0) is 20.0. The molecule has 0 unspecified atom stereocenters. The minimum Gasteiger partial charge on any atom is -0.371 e. The summed E-state index contributed by atoms with van der Waals surface area (Å²) in [5.74, 6) is 0.559. The van der Waals surface area contributed by atoms with Crippen LogP contribution in [0.15, 0.2) is 24.3 Å². The zero-order valence-electron chi connectivity index (χ0n) is 17.2. The fraction of sp³-hybridized carbons (Fsp3) is 0.550. The van der Waals surface area contributed by atoms with Gasteiger partial charge >= 0.3 is 0 Å². The molecule has 0 radical (unpaired) electrons. The topological polar surface area (TPSA) is 74.6 Å². The Hall–Kier alpha value is -1.87. The first kappa shape index (κ1) is 20.9. The summed E-state index contributed by atoms with van der Waals surface area (Å²) < 4.78 is 16.8. The van der Waals surface area contributed by atoms with E-state index in [0.717, 1.165) is 30.4 Å². The molecular formula is C20H30N4O3Si. The molecule has 2 heterocycles. The van der Waals surface area contributed by atoms with E-state index in [0.29, 0.717) is 19.2 Å². The van der Waals surface area contributed by atoms with Crippen LogP contribution in [0.3, 0.4) is 0 Å². The Balaban J connectivity index is 1.54. The number of tetrazole rings is 1. The van der Waals surface area contributed by atoms with Crippen molar-refractivity contribution in [2.75, 3.05) is 19.8 Å². The Bertz CT molecular complexity index is 784. The molecule has 0 aliphatic carbocycles. The fourth-order valence-corrected chi connectivity index (χ4v) is 3.36. The van der Waals surface area contributed by atoms with Gasteiger partial charge in [-0.3, -0.25) is 0 Å². The van der Waals surface area contributed by atoms with Crippen molar-refractivity contribution >= 4 is 20.2 Å². The van der Waals surface area contributed by atoms with Gasteiger partial charge in [0.1, 0.15) is 6.10 Å². The second kappa shape index (κ2) is 9.55. The minimum absolute atomic E-state index is 0.00606. The molecule has 1 fully saturated rings. The first-order valence-corrected chi connectivity index (χ1v) is 13.5. The van der Waals surface area contributed by atoms with Crippen LogP contribution in [0.4, 0.5) is 0 Å². The number of hydrogen-bond acceptors (Lipinski definition) is 6. The largest absolute Gasteiger partial charge is 0.371 e. The Kier molecular flexibility index (Phi) is 7.11. The number of nitrogens with zero attached hydrogens (tertiary/aromatic N) is 4. The lowest BCUT2D eigenvalue weighted by Gasteiger charge is -2.15. The monoisotopic (exact) mass is 402 g/mol. The first-order valence-electron chi connectivity index (χ1n) is 9.76. The van der Waals surface area contributed by atoms with E-state index in [1.807, 2.05) is 24.3 Å². The SMILES string of the molecule is C[C@@H](OC[C@H]1CO1)c1ccccc1/C=C/c1nnn(COCC[Si](C)(C)C)n1. The molecule has 28 heavy (non-hydrogen) atoms. The summed E-state index contributed by atoms with van der Waals surface area (Å²) >= 11 is 0. The molecule has 152 valence electrons. The lowest BCUT2D eigenvalue weighted by molar-refractivity contribution is 0.0538. The van der Waals surface area contributed by atoms with Crippen molar-refractivity contribution in [2.45, 2.75) is 51.5 Å². The molecule has 8 heteroatoms. The highest BCUT2D eigenvalue weighted by Crippen LogP contribution is 2.24. The molecule has 2 aromatic rings. The van der Waals surface area contributed by atoms with Crippen molar-refractivity contribution in [3.63, 3.8) is 0 Å². The average Bonchev–Trinajstić information content (AvgIpc) is 3.38. The third kappa shape index (κ3) is 6.94.